The summed E-state index contributed by atoms with van der Waals surface area (Å²) in [4.78, 5) is 49.0. The van der Waals surface area contributed by atoms with Gasteiger partial charge in [0.2, 0.25) is 17.7 Å². The van der Waals surface area contributed by atoms with E-state index in [2.05, 4.69) is 13.2 Å². The molecule has 246 valence electrons. The van der Waals surface area contributed by atoms with E-state index < -0.39 is 35.6 Å². The monoisotopic (exact) mass is 629 g/mol. The third-order valence-electron chi connectivity index (χ3n) is 10.0. The van der Waals surface area contributed by atoms with Crippen molar-refractivity contribution in [3.8, 4) is 5.75 Å². The standard InChI is InChI=1S/C37H47N3O6/c1-6-21-38(23-26-13-11-10-12-14-26)36(44)33-37-20-19-30(46-37)31(32(37)35(43)40(33)29(24-41)25(5)8-3)34(42)39(22-7-2)27-15-17-28(18-16-27)45-9-4/h6-7,10-18,25,29-33,41H,1-2,8-9,19-24H2,3-5H3/t25-,29-,30+,31-,32-,33?,37?/m0/s1. The van der Waals surface area contributed by atoms with Crippen molar-refractivity contribution in [2.75, 3.05) is 31.2 Å². The van der Waals surface area contributed by atoms with Gasteiger partial charge in [-0.15, -0.1) is 13.2 Å². The van der Waals surface area contributed by atoms with Gasteiger partial charge < -0.3 is 29.3 Å². The molecule has 7 atom stereocenters. The van der Waals surface area contributed by atoms with Crippen LogP contribution in [-0.2, 0) is 25.7 Å². The van der Waals surface area contributed by atoms with Crippen molar-refractivity contribution in [2.45, 2.75) is 70.4 Å². The minimum Gasteiger partial charge on any atom is -0.494 e. The van der Waals surface area contributed by atoms with Crippen LogP contribution in [0.5, 0.6) is 5.75 Å². The Morgan fingerprint density at radius 3 is 2.39 bits per heavy atom. The lowest BCUT2D eigenvalue weighted by molar-refractivity contribution is -0.152. The predicted octanol–water partition coefficient (Wildman–Crippen LogP) is 4.60. The molecule has 0 saturated carbocycles. The highest BCUT2D eigenvalue weighted by Crippen LogP contribution is 2.59. The average molecular weight is 630 g/mol. The normalized spacial score (nSPS) is 25.9. The molecule has 46 heavy (non-hydrogen) atoms. The number of rotatable bonds is 15. The van der Waals surface area contributed by atoms with E-state index in [-0.39, 0.29) is 43.3 Å². The van der Waals surface area contributed by atoms with Gasteiger partial charge >= 0.3 is 0 Å². The number of aliphatic hydroxyl groups is 1. The summed E-state index contributed by atoms with van der Waals surface area (Å²) in [7, 11) is 0. The van der Waals surface area contributed by atoms with Crippen molar-refractivity contribution in [1.29, 1.82) is 0 Å². The number of carbonyl (C=O) groups is 3. The molecule has 2 aromatic rings. The van der Waals surface area contributed by atoms with Crippen molar-refractivity contribution >= 4 is 23.4 Å². The lowest BCUT2D eigenvalue weighted by Gasteiger charge is -2.41. The number of aliphatic hydroxyl groups excluding tert-OH is 1. The summed E-state index contributed by atoms with van der Waals surface area (Å²) < 4.78 is 12.3. The van der Waals surface area contributed by atoms with Crippen LogP contribution in [0.25, 0.3) is 0 Å². The quantitative estimate of drug-likeness (QED) is 0.289. The van der Waals surface area contributed by atoms with Crippen LogP contribution < -0.4 is 9.64 Å². The number of hydrogen-bond acceptors (Lipinski definition) is 6. The van der Waals surface area contributed by atoms with Gasteiger partial charge in [-0.05, 0) is 55.5 Å². The number of nitrogens with zero attached hydrogens (tertiary/aromatic N) is 3. The van der Waals surface area contributed by atoms with E-state index in [0.717, 1.165) is 5.56 Å². The highest BCUT2D eigenvalue weighted by atomic mass is 16.5. The van der Waals surface area contributed by atoms with Crippen molar-refractivity contribution < 1.29 is 29.0 Å². The van der Waals surface area contributed by atoms with Crippen LogP contribution in [0.3, 0.4) is 0 Å². The fourth-order valence-electron chi connectivity index (χ4n) is 7.71. The van der Waals surface area contributed by atoms with Crippen LogP contribution in [0.15, 0.2) is 79.9 Å². The lowest BCUT2D eigenvalue weighted by atomic mass is 9.70. The Morgan fingerprint density at radius 1 is 1.09 bits per heavy atom. The van der Waals surface area contributed by atoms with Gasteiger partial charge in [0.25, 0.3) is 0 Å². The smallest absolute Gasteiger partial charge is 0.249 e. The first-order valence-corrected chi connectivity index (χ1v) is 16.5. The molecule has 0 aliphatic carbocycles. The first kappa shape index (κ1) is 33.4. The van der Waals surface area contributed by atoms with Crippen LogP contribution in [-0.4, -0.2) is 82.7 Å². The van der Waals surface area contributed by atoms with E-state index >= 15 is 0 Å². The number of amides is 3. The Kier molecular flexibility index (Phi) is 10.3. The van der Waals surface area contributed by atoms with Crippen molar-refractivity contribution in [3.63, 3.8) is 0 Å². The first-order valence-electron chi connectivity index (χ1n) is 16.5. The van der Waals surface area contributed by atoms with Crippen LogP contribution >= 0.6 is 0 Å². The van der Waals surface area contributed by atoms with Gasteiger partial charge in [-0.2, -0.15) is 0 Å². The van der Waals surface area contributed by atoms with E-state index in [1.807, 2.05) is 75.4 Å². The molecule has 1 N–H and O–H groups in total. The molecule has 5 rings (SSSR count). The minimum atomic E-state index is -1.19. The number of fused-ring (bicyclic) bond motifs is 1. The van der Waals surface area contributed by atoms with E-state index in [9.17, 15) is 19.5 Å². The lowest BCUT2D eigenvalue weighted by Crippen LogP contribution is -2.59. The number of anilines is 1. The van der Waals surface area contributed by atoms with Crippen LogP contribution in [0.1, 0.15) is 45.6 Å². The molecule has 0 aromatic heterocycles. The van der Waals surface area contributed by atoms with Gasteiger partial charge in [-0.1, -0.05) is 62.8 Å². The van der Waals surface area contributed by atoms with E-state index in [0.29, 0.717) is 43.9 Å². The summed E-state index contributed by atoms with van der Waals surface area (Å²) >= 11 is 0. The second kappa shape index (κ2) is 14.2. The molecule has 3 aliphatic rings. The third-order valence-corrected chi connectivity index (χ3v) is 10.0. The molecule has 9 heteroatoms. The number of carbonyl (C=O) groups excluding carboxylic acids is 3. The molecular weight excluding hydrogens is 582 g/mol. The summed E-state index contributed by atoms with van der Waals surface area (Å²) in [6, 6.07) is 15.4. The van der Waals surface area contributed by atoms with Crippen LogP contribution in [0, 0.1) is 17.8 Å². The highest BCUT2D eigenvalue weighted by Gasteiger charge is 2.75. The molecule has 3 heterocycles. The Hall–Kier alpha value is -3.95. The van der Waals surface area contributed by atoms with Gasteiger partial charge in [0.1, 0.15) is 17.4 Å². The van der Waals surface area contributed by atoms with Crippen LogP contribution in [0.4, 0.5) is 5.69 Å². The zero-order chi connectivity index (χ0) is 33.0. The molecule has 9 nitrogen and oxygen atoms in total. The Morgan fingerprint density at radius 2 is 1.78 bits per heavy atom. The zero-order valence-electron chi connectivity index (χ0n) is 27.2. The second-order valence-corrected chi connectivity index (χ2v) is 12.6. The van der Waals surface area contributed by atoms with Crippen molar-refractivity contribution in [1.82, 2.24) is 9.80 Å². The summed E-state index contributed by atoms with van der Waals surface area (Å²) in [6.45, 7) is 14.7. The van der Waals surface area contributed by atoms with E-state index in [1.165, 1.54) is 0 Å². The molecule has 1 spiro atoms. The van der Waals surface area contributed by atoms with Crippen molar-refractivity contribution in [2.24, 2.45) is 17.8 Å². The predicted molar refractivity (Wildman–Crippen MR) is 177 cm³/mol. The third kappa shape index (κ3) is 5.86. The van der Waals surface area contributed by atoms with Crippen LogP contribution in [0.2, 0.25) is 0 Å². The fourth-order valence-corrected chi connectivity index (χ4v) is 7.71. The summed E-state index contributed by atoms with van der Waals surface area (Å²) in [5, 5.41) is 10.7. The molecule has 3 aliphatic heterocycles. The van der Waals surface area contributed by atoms with Gasteiger partial charge in [-0.3, -0.25) is 14.4 Å². The van der Waals surface area contributed by atoms with Crippen molar-refractivity contribution in [3.05, 3.63) is 85.5 Å². The Bertz CT molecular complexity index is 1410. The molecule has 2 aromatic carbocycles. The number of likely N-dealkylation sites (tertiary alicyclic amines) is 1. The molecule has 0 radical (unpaired) electrons. The van der Waals surface area contributed by atoms with E-state index in [4.69, 9.17) is 9.47 Å². The minimum absolute atomic E-state index is 0.0890. The molecular formula is C37H47N3O6. The maximum Gasteiger partial charge on any atom is 0.249 e. The SMILES string of the molecule is C=CCN(Cc1ccccc1)C(=O)C1N([C@@H](CO)[C@@H](C)CC)C(=O)[C@@H]2[C@@H](C(=O)N(CC=C)c3ccc(OCC)cc3)[C@H]3CCC12O3. The Labute approximate surface area is 272 Å². The molecule has 2 unspecified atom stereocenters. The van der Waals surface area contributed by atoms with Gasteiger partial charge in [-0.25, -0.2) is 0 Å². The summed E-state index contributed by atoms with van der Waals surface area (Å²) in [5.41, 5.74) is 0.422. The summed E-state index contributed by atoms with van der Waals surface area (Å²) in [6.07, 6.45) is 4.56. The maximum absolute atomic E-state index is 14.8. The number of benzene rings is 2. The summed E-state index contributed by atoms with van der Waals surface area (Å²) in [5.74, 6) is -1.84. The fraction of sp³-hybridized carbons (Fsp3) is 0.486. The largest absolute Gasteiger partial charge is 0.494 e. The highest BCUT2D eigenvalue weighted by molar-refractivity contribution is 6.03. The number of ether oxygens (including phenoxy) is 2. The van der Waals surface area contributed by atoms with Gasteiger partial charge in [0.15, 0.2) is 0 Å². The topological polar surface area (TPSA) is 99.6 Å². The first-order chi connectivity index (χ1) is 22.3. The molecule has 3 fully saturated rings. The maximum atomic E-state index is 14.8. The van der Waals surface area contributed by atoms with E-state index in [1.54, 1.807) is 26.9 Å². The Balaban J connectivity index is 1.56. The zero-order valence-corrected chi connectivity index (χ0v) is 27.2. The average Bonchev–Trinajstić information content (AvgIpc) is 3.72. The molecule has 2 bridgehead atoms. The van der Waals surface area contributed by atoms with Gasteiger partial charge in [0, 0.05) is 25.3 Å². The second-order valence-electron chi connectivity index (χ2n) is 12.6. The number of hydrogen-bond donors (Lipinski definition) is 1. The molecule has 3 amide bonds. The molecule has 3 saturated heterocycles. The van der Waals surface area contributed by atoms with Gasteiger partial charge in [0.05, 0.1) is 37.2 Å².